The Morgan fingerprint density at radius 1 is 1.17 bits per heavy atom. The van der Waals surface area contributed by atoms with Gasteiger partial charge in [0.25, 0.3) is 0 Å². The Morgan fingerprint density at radius 2 is 1.92 bits per heavy atom. The summed E-state index contributed by atoms with van der Waals surface area (Å²) in [6.07, 6.45) is 3.49. The smallest absolute Gasteiger partial charge is 0.306 e. The predicted octanol–water partition coefficient (Wildman–Crippen LogP) is 3.35. The molecule has 190 valence electrons. The van der Waals surface area contributed by atoms with Crippen molar-refractivity contribution in [1.82, 2.24) is 19.9 Å². The largest absolute Gasteiger partial charge is 0.466 e. The second-order valence-corrected chi connectivity index (χ2v) is 9.09. The van der Waals surface area contributed by atoms with Gasteiger partial charge in [-0.3, -0.25) is 14.4 Å². The van der Waals surface area contributed by atoms with Crippen LogP contribution in [0, 0.1) is 0 Å². The molecule has 1 fully saturated rings. The van der Waals surface area contributed by atoms with E-state index < -0.39 is 5.97 Å². The second kappa shape index (κ2) is 10.8. The van der Waals surface area contributed by atoms with Gasteiger partial charge < -0.3 is 24.8 Å². The minimum Gasteiger partial charge on any atom is -0.466 e. The van der Waals surface area contributed by atoms with Gasteiger partial charge in [-0.1, -0.05) is 6.07 Å². The molecule has 0 aliphatic carbocycles. The van der Waals surface area contributed by atoms with Gasteiger partial charge in [0, 0.05) is 55.7 Å². The Morgan fingerprint density at radius 3 is 2.61 bits per heavy atom. The van der Waals surface area contributed by atoms with Crippen LogP contribution < -0.4 is 10.2 Å². The predicted molar refractivity (Wildman–Crippen MR) is 137 cm³/mol. The molecule has 2 atom stereocenters. The van der Waals surface area contributed by atoms with Crippen LogP contribution in [0.3, 0.4) is 0 Å². The topological polar surface area (TPSA) is 121 Å². The Hall–Kier alpha value is -3.95. The number of carbonyl (C=O) groups excluding carboxylic acids is 3. The van der Waals surface area contributed by atoms with E-state index in [0.29, 0.717) is 31.0 Å². The molecule has 10 nitrogen and oxygen atoms in total. The van der Waals surface area contributed by atoms with Crippen molar-refractivity contribution in [2.45, 2.75) is 52.6 Å². The van der Waals surface area contributed by atoms with E-state index in [4.69, 9.17) is 9.72 Å². The van der Waals surface area contributed by atoms with Crippen LogP contribution >= 0.6 is 0 Å². The number of piperazine rings is 1. The molecule has 3 aromatic rings. The average molecular weight is 493 g/mol. The summed E-state index contributed by atoms with van der Waals surface area (Å²) < 4.78 is 4.87. The van der Waals surface area contributed by atoms with E-state index in [1.54, 1.807) is 20.0 Å². The number of hydrogen-bond acceptors (Lipinski definition) is 7. The highest BCUT2D eigenvalue weighted by molar-refractivity contribution is 5.98. The molecule has 1 aliphatic rings. The molecule has 0 saturated carbocycles. The van der Waals surface area contributed by atoms with Gasteiger partial charge in [-0.15, -0.1) is 0 Å². The zero-order chi connectivity index (χ0) is 25.8. The monoisotopic (exact) mass is 492 g/mol. The third kappa shape index (κ3) is 5.48. The van der Waals surface area contributed by atoms with Crippen molar-refractivity contribution >= 4 is 40.3 Å². The molecular weight excluding hydrogens is 460 g/mol. The molecule has 1 aliphatic heterocycles. The number of anilines is 2. The van der Waals surface area contributed by atoms with Crippen LogP contribution in [0.25, 0.3) is 22.3 Å². The van der Waals surface area contributed by atoms with Crippen LogP contribution in [0.1, 0.15) is 40.5 Å². The Labute approximate surface area is 210 Å². The number of fused-ring (bicyclic) bond motifs is 1. The number of carbonyl (C=O) groups is 3. The van der Waals surface area contributed by atoms with Crippen molar-refractivity contribution in [1.29, 1.82) is 0 Å². The number of rotatable bonds is 7. The minimum atomic E-state index is -0.397. The molecule has 0 unspecified atom stereocenters. The number of nitrogens with one attached hydrogen (secondary N) is 2. The highest BCUT2D eigenvalue weighted by Crippen LogP contribution is 2.30. The first kappa shape index (κ1) is 25.2. The minimum absolute atomic E-state index is 0.0272. The molecule has 2 amide bonds. The van der Waals surface area contributed by atoms with Gasteiger partial charge in [-0.25, -0.2) is 9.97 Å². The molecule has 1 saturated heterocycles. The van der Waals surface area contributed by atoms with Gasteiger partial charge in [0.15, 0.2) is 0 Å². The fourth-order valence-corrected chi connectivity index (χ4v) is 4.84. The van der Waals surface area contributed by atoms with E-state index in [-0.39, 0.29) is 36.7 Å². The summed E-state index contributed by atoms with van der Waals surface area (Å²) in [5.41, 5.74) is 2.86. The average Bonchev–Trinajstić information content (AvgIpc) is 3.25. The number of aromatic nitrogens is 3. The first-order valence-electron chi connectivity index (χ1n) is 12.2. The SMILES string of the molecule is CCOC(=O)CCC(=O)Nc1cnc2[nH]cc(-c3cccc(N4C[C@@H](C)N(C(C)=O)[C@@H](C)C4)n3)c2c1. The number of esters is 1. The summed E-state index contributed by atoms with van der Waals surface area (Å²) >= 11 is 0. The molecular formula is C26H32N6O4. The van der Waals surface area contributed by atoms with E-state index in [1.165, 1.54) is 0 Å². The van der Waals surface area contributed by atoms with Crippen LogP contribution in [0.15, 0.2) is 36.7 Å². The molecule has 0 aromatic carbocycles. The molecule has 3 aromatic heterocycles. The van der Waals surface area contributed by atoms with Gasteiger partial charge in [0.05, 0.1) is 30.6 Å². The number of amides is 2. The molecule has 4 heterocycles. The number of nitrogens with zero attached hydrogens (tertiary/aromatic N) is 4. The summed E-state index contributed by atoms with van der Waals surface area (Å²) in [6, 6.07) is 7.91. The van der Waals surface area contributed by atoms with E-state index >= 15 is 0 Å². The summed E-state index contributed by atoms with van der Waals surface area (Å²) in [5, 5.41) is 3.63. The lowest BCUT2D eigenvalue weighted by Crippen LogP contribution is -2.58. The van der Waals surface area contributed by atoms with Gasteiger partial charge in [-0.05, 0) is 39.0 Å². The fraction of sp³-hybridized carbons (Fsp3) is 0.423. The van der Waals surface area contributed by atoms with Gasteiger partial charge >= 0.3 is 5.97 Å². The number of ether oxygens (including phenoxy) is 1. The lowest BCUT2D eigenvalue weighted by Gasteiger charge is -2.44. The Balaban J connectivity index is 1.53. The lowest BCUT2D eigenvalue weighted by molar-refractivity contribution is -0.144. The summed E-state index contributed by atoms with van der Waals surface area (Å²) in [6.45, 7) is 9.16. The zero-order valence-electron chi connectivity index (χ0n) is 21.1. The van der Waals surface area contributed by atoms with E-state index in [2.05, 4.69) is 34.0 Å². The van der Waals surface area contributed by atoms with Gasteiger partial charge in [-0.2, -0.15) is 0 Å². The van der Waals surface area contributed by atoms with Crippen LogP contribution in [0.2, 0.25) is 0 Å². The van der Waals surface area contributed by atoms with Gasteiger partial charge in [0.1, 0.15) is 11.5 Å². The van der Waals surface area contributed by atoms with E-state index in [0.717, 1.165) is 22.5 Å². The summed E-state index contributed by atoms with van der Waals surface area (Å²) in [5.74, 6) is 0.257. The normalized spacial score (nSPS) is 17.8. The highest BCUT2D eigenvalue weighted by atomic mass is 16.5. The number of hydrogen-bond donors (Lipinski definition) is 2. The Bertz CT molecular complexity index is 1260. The summed E-state index contributed by atoms with van der Waals surface area (Å²) in [7, 11) is 0. The lowest BCUT2D eigenvalue weighted by atomic mass is 10.1. The third-order valence-electron chi connectivity index (χ3n) is 6.29. The van der Waals surface area contributed by atoms with Crippen molar-refractivity contribution in [3.05, 3.63) is 36.7 Å². The maximum Gasteiger partial charge on any atom is 0.306 e. The number of H-pyrrole nitrogens is 1. The van der Waals surface area contributed by atoms with Crippen LogP contribution in [0.4, 0.5) is 11.5 Å². The fourth-order valence-electron chi connectivity index (χ4n) is 4.84. The first-order chi connectivity index (χ1) is 17.3. The Kier molecular flexibility index (Phi) is 7.52. The van der Waals surface area contributed by atoms with Crippen molar-refractivity contribution in [2.24, 2.45) is 0 Å². The number of pyridine rings is 2. The molecule has 0 radical (unpaired) electrons. The molecule has 2 N–H and O–H groups in total. The van der Waals surface area contributed by atoms with Crippen molar-refractivity contribution in [3.8, 4) is 11.3 Å². The quantitative estimate of drug-likeness (QED) is 0.485. The molecule has 10 heteroatoms. The number of aromatic amines is 1. The zero-order valence-corrected chi connectivity index (χ0v) is 21.1. The van der Waals surface area contributed by atoms with Crippen LogP contribution in [-0.2, 0) is 19.1 Å². The van der Waals surface area contributed by atoms with Crippen molar-refractivity contribution in [2.75, 3.05) is 29.9 Å². The van der Waals surface area contributed by atoms with Gasteiger partial charge in [0.2, 0.25) is 11.8 Å². The first-order valence-corrected chi connectivity index (χ1v) is 12.2. The van der Waals surface area contributed by atoms with Crippen molar-refractivity contribution in [3.63, 3.8) is 0 Å². The maximum absolute atomic E-state index is 12.3. The maximum atomic E-state index is 12.3. The van der Waals surface area contributed by atoms with Crippen LogP contribution in [0.5, 0.6) is 0 Å². The van der Waals surface area contributed by atoms with E-state index in [1.807, 2.05) is 35.4 Å². The second-order valence-electron chi connectivity index (χ2n) is 9.09. The highest BCUT2D eigenvalue weighted by Gasteiger charge is 2.31. The third-order valence-corrected chi connectivity index (χ3v) is 6.29. The molecule has 36 heavy (non-hydrogen) atoms. The molecule has 0 bridgehead atoms. The van der Waals surface area contributed by atoms with E-state index in [9.17, 15) is 14.4 Å². The standard InChI is InChI=1S/C26H32N6O4/c1-5-36-25(35)10-9-24(34)29-19-11-20-21(13-28-26(20)27-12-19)22-7-6-8-23(30-22)31-14-16(2)32(18(4)33)17(3)15-31/h6-8,11-13,16-17H,5,9-10,14-15H2,1-4H3,(H,27,28)(H,29,34)/t16-,17+. The summed E-state index contributed by atoms with van der Waals surface area (Å²) in [4.78, 5) is 52.5. The molecule has 4 rings (SSSR count). The van der Waals surface area contributed by atoms with Crippen LogP contribution in [-0.4, -0.2) is 69.4 Å². The van der Waals surface area contributed by atoms with Crippen molar-refractivity contribution < 1.29 is 19.1 Å². The molecule has 0 spiro atoms.